The Kier molecular flexibility index (Phi) is 5.82. The second kappa shape index (κ2) is 8.07. The summed E-state index contributed by atoms with van der Waals surface area (Å²) in [6.07, 6.45) is 3.02. The zero-order valence-electron chi connectivity index (χ0n) is 13.7. The third-order valence-corrected chi connectivity index (χ3v) is 6.35. The Bertz CT molecular complexity index is 802. The molecular formula is C17H20N2O4S2. The summed E-state index contributed by atoms with van der Waals surface area (Å²) in [6.45, 7) is 1.04. The van der Waals surface area contributed by atoms with Crippen LogP contribution >= 0.6 is 11.8 Å². The minimum absolute atomic E-state index is 0.0855. The van der Waals surface area contributed by atoms with Gasteiger partial charge in [-0.3, -0.25) is 4.79 Å². The molecule has 0 spiro atoms. The molecule has 6 nitrogen and oxygen atoms in total. The minimum Gasteiger partial charge on any atom is -0.468 e. The summed E-state index contributed by atoms with van der Waals surface area (Å²) in [5, 5.41) is 0. The van der Waals surface area contributed by atoms with Gasteiger partial charge in [0.2, 0.25) is 15.9 Å². The summed E-state index contributed by atoms with van der Waals surface area (Å²) in [5.74, 6) is 2.33. The SMILES string of the molecule is O=C1CCCN1c1ccc(S(=O)(=O)NCCSCc2ccco2)cc1. The molecule has 0 bridgehead atoms. The van der Waals surface area contributed by atoms with Crippen LogP contribution in [0.15, 0.2) is 52.0 Å². The van der Waals surface area contributed by atoms with Crippen molar-refractivity contribution in [2.24, 2.45) is 0 Å². The van der Waals surface area contributed by atoms with Gasteiger partial charge in [0.1, 0.15) is 5.76 Å². The van der Waals surface area contributed by atoms with Crippen molar-refractivity contribution in [2.75, 3.05) is 23.7 Å². The maximum Gasteiger partial charge on any atom is 0.240 e. The molecule has 1 aromatic heterocycles. The molecule has 0 atom stereocenters. The number of thioether (sulfide) groups is 1. The van der Waals surface area contributed by atoms with E-state index >= 15 is 0 Å². The standard InChI is InChI=1S/C17H20N2O4S2/c20-17-4-1-10-19(17)14-5-7-16(8-6-14)25(21,22)18-9-12-24-13-15-3-2-11-23-15/h2-3,5-8,11,18H,1,4,9-10,12-13H2. The van der Waals surface area contributed by atoms with E-state index in [1.54, 1.807) is 47.2 Å². The number of sulfonamides is 1. The molecule has 1 saturated heterocycles. The van der Waals surface area contributed by atoms with Gasteiger partial charge >= 0.3 is 0 Å². The van der Waals surface area contributed by atoms with E-state index in [2.05, 4.69) is 4.72 Å². The molecule has 2 aromatic rings. The predicted octanol–water partition coefficient (Wildman–Crippen LogP) is 2.62. The highest BCUT2D eigenvalue weighted by Gasteiger charge is 2.22. The van der Waals surface area contributed by atoms with Gasteiger partial charge in [-0.05, 0) is 42.8 Å². The lowest BCUT2D eigenvalue weighted by atomic mass is 10.3. The van der Waals surface area contributed by atoms with E-state index in [0.29, 0.717) is 31.0 Å². The van der Waals surface area contributed by atoms with Gasteiger partial charge in [-0.1, -0.05) is 0 Å². The number of nitrogens with one attached hydrogen (secondary N) is 1. The first kappa shape index (κ1) is 18.0. The Morgan fingerprint density at radius 3 is 2.64 bits per heavy atom. The Hall–Kier alpha value is -1.77. The van der Waals surface area contributed by atoms with Gasteiger partial charge < -0.3 is 9.32 Å². The van der Waals surface area contributed by atoms with E-state index < -0.39 is 10.0 Å². The fraction of sp³-hybridized carbons (Fsp3) is 0.353. The van der Waals surface area contributed by atoms with Crippen molar-refractivity contribution in [3.8, 4) is 0 Å². The lowest BCUT2D eigenvalue weighted by Gasteiger charge is -2.16. The number of nitrogens with zero attached hydrogens (tertiary/aromatic N) is 1. The largest absolute Gasteiger partial charge is 0.468 e. The van der Waals surface area contributed by atoms with E-state index in [1.165, 1.54) is 0 Å². The number of furan rings is 1. The molecular weight excluding hydrogens is 360 g/mol. The van der Waals surface area contributed by atoms with Crippen molar-refractivity contribution in [3.63, 3.8) is 0 Å². The summed E-state index contributed by atoms with van der Waals surface area (Å²) < 4.78 is 32.4. The highest BCUT2D eigenvalue weighted by molar-refractivity contribution is 7.98. The molecule has 1 fully saturated rings. The Balaban J connectivity index is 1.50. The van der Waals surface area contributed by atoms with E-state index in [1.807, 2.05) is 12.1 Å². The van der Waals surface area contributed by atoms with Crippen LogP contribution in [0.3, 0.4) is 0 Å². The average Bonchev–Trinajstić information content (AvgIpc) is 3.26. The van der Waals surface area contributed by atoms with Gasteiger partial charge in [-0.25, -0.2) is 13.1 Å². The third-order valence-electron chi connectivity index (χ3n) is 3.90. The molecule has 0 unspecified atom stereocenters. The molecule has 1 amide bonds. The zero-order valence-corrected chi connectivity index (χ0v) is 15.3. The van der Waals surface area contributed by atoms with Crippen molar-refractivity contribution in [2.45, 2.75) is 23.5 Å². The van der Waals surface area contributed by atoms with Gasteiger partial charge in [0.25, 0.3) is 0 Å². The van der Waals surface area contributed by atoms with E-state index in [9.17, 15) is 13.2 Å². The molecule has 0 aliphatic carbocycles. The number of carbonyl (C=O) groups excluding carboxylic acids is 1. The molecule has 0 saturated carbocycles. The highest BCUT2D eigenvalue weighted by Crippen LogP contribution is 2.23. The Labute approximate surface area is 151 Å². The van der Waals surface area contributed by atoms with Crippen molar-refractivity contribution in [1.82, 2.24) is 4.72 Å². The molecule has 2 heterocycles. The maximum absolute atomic E-state index is 12.3. The minimum atomic E-state index is -3.54. The second-order valence-corrected chi connectivity index (χ2v) is 8.54. The summed E-state index contributed by atoms with van der Waals surface area (Å²) >= 11 is 1.60. The van der Waals surface area contributed by atoms with Crippen LogP contribution in [-0.2, 0) is 20.6 Å². The van der Waals surface area contributed by atoms with Crippen LogP contribution in [0.5, 0.6) is 0 Å². The maximum atomic E-state index is 12.3. The van der Waals surface area contributed by atoms with Crippen LogP contribution in [0.2, 0.25) is 0 Å². The summed E-state index contributed by atoms with van der Waals surface area (Å²) in [7, 11) is -3.54. The number of hydrogen-bond donors (Lipinski definition) is 1. The number of benzene rings is 1. The number of anilines is 1. The first-order chi connectivity index (χ1) is 12.1. The number of carbonyl (C=O) groups is 1. The molecule has 1 aromatic carbocycles. The molecule has 1 aliphatic heterocycles. The van der Waals surface area contributed by atoms with Crippen molar-refractivity contribution in [1.29, 1.82) is 0 Å². The van der Waals surface area contributed by atoms with Crippen LogP contribution in [0.4, 0.5) is 5.69 Å². The number of amides is 1. The Morgan fingerprint density at radius 2 is 2.00 bits per heavy atom. The van der Waals surface area contributed by atoms with Crippen molar-refractivity contribution < 1.29 is 17.6 Å². The van der Waals surface area contributed by atoms with Gasteiger partial charge in [0.05, 0.1) is 16.9 Å². The van der Waals surface area contributed by atoms with Crippen molar-refractivity contribution in [3.05, 3.63) is 48.4 Å². The van der Waals surface area contributed by atoms with Crippen molar-refractivity contribution >= 4 is 33.4 Å². The molecule has 1 N–H and O–H groups in total. The molecule has 1 aliphatic rings. The lowest BCUT2D eigenvalue weighted by molar-refractivity contribution is -0.117. The number of rotatable bonds is 8. The van der Waals surface area contributed by atoms with Crippen LogP contribution in [0.1, 0.15) is 18.6 Å². The summed E-state index contributed by atoms with van der Waals surface area (Å²) in [5.41, 5.74) is 0.746. The fourth-order valence-electron chi connectivity index (χ4n) is 2.63. The van der Waals surface area contributed by atoms with Gasteiger partial charge in [-0.15, -0.1) is 0 Å². The quantitative estimate of drug-likeness (QED) is 0.712. The zero-order chi connectivity index (χ0) is 17.7. The van der Waals surface area contributed by atoms with Crippen LogP contribution in [0, 0.1) is 0 Å². The lowest BCUT2D eigenvalue weighted by Crippen LogP contribution is -2.26. The van der Waals surface area contributed by atoms with Crippen LogP contribution in [-0.4, -0.2) is 33.2 Å². The Morgan fingerprint density at radius 1 is 1.20 bits per heavy atom. The summed E-state index contributed by atoms with van der Waals surface area (Å²) in [6, 6.07) is 10.2. The average molecular weight is 380 g/mol. The molecule has 0 radical (unpaired) electrons. The van der Waals surface area contributed by atoms with E-state index in [0.717, 1.165) is 17.9 Å². The number of hydrogen-bond acceptors (Lipinski definition) is 5. The highest BCUT2D eigenvalue weighted by atomic mass is 32.2. The molecule has 25 heavy (non-hydrogen) atoms. The topological polar surface area (TPSA) is 79.6 Å². The predicted molar refractivity (Wildman–Crippen MR) is 98.1 cm³/mol. The normalized spacial score (nSPS) is 15.0. The van der Waals surface area contributed by atoms with Gasteiger partial charge in [-0.2, -0.15) is 11.8 Å². The first-order valence-corrected chi connectivity index (χ1v) is 10.7. The van der Waals surface area contributed by atoms with Gasteiger partial charge in [0, 0.05) is 31.0 Å². The first-order valence-electron chi connectivity index (χ1n) is 8.06. The van der Waals surface area contributed by atoms with E-state index in [4.69, 9.17) is 4.42 Å². The monoisotopic (exact) mass is 380 g/mol. The second-order valence-electron chi connectivity index (χ2n) is 5.67. The van der Waals surface area contributed by atoms with E-state index in [-0.39, 0.29) is 10.8 Å². The molecule has 3 rings (SSSR count). The third kappa shape index (κ3) is 4.65. The summed E-state index contributed by atoms with van der Waals surface area (Å²) in [4.78, 5) is 13.6. The molecule has 134 valence electrons. The smallest absolute Gasteiger partial charge is 0.240 e. The van der Waals surface area contributed by atoms with Crippen LogP contribution in [0.25, 0.3) is 0 Å². The fourth-order valence-corrected chi connectivity index (χ4v) is 4.54. The van der Waals surface area contributed by atoms with Crippen LogP contribution < -0.4 is 9.62 Å². The van der Waals surface area contributed by atoms with Gasteiger partial charge in [0.15, 0.2) is 0 Å². The molecule has 8 heteroatoms.